The lowest BCUT2D eigenvalue weighted by Gasteiger charge is -2.55. The molecule has 0 saturated heterocycles. The van der Waals surface area contributed by atoms with Gasteiger partial charge in [0.15, 0.2) is 64.4 Å². The van der Waals surface area contributed by atoms with Gasteiger partial charge in [0.2, 0.25) is 0 Å². The number of aliphatic hydroxyl groups excluding tert-OH is 2. The number of allylic oxidation sites excluding steroid dienone is 26. The Morgan fingerprint density at radius 1 is 0.355 bits per heavy atom. The van der Waals surface area contributed by atoms with Crippen molar-refractivity contribution in [1.82, 2.24) is 0 Å². The number of aliphatic hydroxyl groups is 2. The van der Waals surface area contributed by atoms with Crippen LogP contribution in [0.25, 0.3) is 0 Å². The number of ether oxygens (including phenoxy) is 3. The molecule has 30 atom stereocenters. The van der Waals surface area contributed by atoms with E-state index in [0.29, 0.717) is 96.2 Å². The fourth-order valence-corrected chi connectivity index (χ4v) is 35.1. The standard InChI is InChI=1S/C25H34O4.C25H32O4.C24H30O4.C23H32O3.C23H30O3/c1-15-12-21-19-7-6-17-13-18(27)8-10-23(17,3)20(19)9-11-24(21,4)25(15,5)22(28)14-29-16(2)26;1-5-22(28)29-14-21(27)23-15(2)12-20-18-7-6-16-13-17(26)8-10-24(16,3)19(18)9-11-25(20,23)4;1-14-11-20-18-6-5-16-12-17(26)7-9-23(16,3)19(18)8-10-24(20,4)22(14)21(27)13-28-15(2)25;2*1-14-11-19-17-6-5-15-12-16(25)7-9-21(15,2)18(17)8-10-22(19,3)23(14,4)20(26)13-24/h9,13,15,19,21H,6-8,10-12,14H2,1-5H3;8-10,13,15,18,20,23H,5-7,11-12,14H2,1-4H3;7-9,12,14,18,20,22H,5-6,10-11,13H2,1-4H3;8,12,14,17,19,24H,5-7,9-11,13H2,1-4H3;7-9,12,14,17,19,24H,5-6,10-11,13H2,1-4H3/t15-,19?,21?,23+,24+,25-;15-,18?,20?,23-,24+,25+;14-,18?,20?,22+,23-,24-;2*14-,17?,19?,21-,22-,23+/m11000/s1. The van der Waals surface area contributed by atoms with Crippen LogP contribution >= 0.6 is 0 Å². The molecule has 138 heavy (non-hydrogen) atoms. The fourth-order valence-electron chi connectivity index (χ4n) is 35.1. The smallest absolute Gasteiger partial charge is 0.305 e. The van der Waals surface area contributed by atoms with E-state index in [1.165, 1.54) is 69.6 Å². The summed E-state index contributed by atoms with van der Waals surface area (Å²) in [4.78, 5) is 158. The third-order valence-electron chi connectivity index (χ3n) is 43.9. The van der Waals surface area contributed by atoms with E-state index in [2.05, 4.69) is 173 Å². The van der Waals surface area contributed by atoms with E-state index in [1.807, 2.05) is 30.4 Å². The summed E-state index contributed by atoms with van der Waals surface area (Å²) in [6, 6.07) is 0. The molecule has 10 saturated carbocycles. The van der Waals surface area contributed by atoms with Crippen molar-refractivity contribution >= 4 is 75.7 Å². The van der Waals surface area contributed by atoms with E-state index in [-0.39, 0.29) is 175 Å². The van der Waals surface area contributed by atoms with Crippen molar-refractivity contribution in [3.05, 3.63) is 153 Å². The predicted molar refractivity (Wildman–Crippen MR) is 531 cm³/mol. The normalized spacial score (nSPS) is 43.8. The highest BCUT2D eigenvalue weighted by Crippen LogP contribution is 2.75. The summed E-state index contributed by atoms with van der Waals surface area (Å²) in [5.41, 5.74) is 11.5. The van der Waals surface area contributed by atoms with Crippen LogP contribution in [0.1, 0.15) is 306 Å². The van der Waals surface area contributed by atoms with Crippen LogP contribution in [0.4, 0.5) is 0 Å². The van der Waals surface area contributed by atoms with Gasteiger partial charge in [0.05, 0.1) is 0 Å². The first-order valence-electron chi connectivity index (χ1n) is 52.9. The van der Waals surface area contributed by atoms with Gasteiger partial charge in [0.25, 0.3) is 0 Å². The topological polar surface area (TPSA) is 290 Å². The third kappa shape index (κ3) is 15.9. The maximum atomic E-state index is 13.3. The second-order valence-electron chi connectivity index (χ2n) is 49.6. The summed E-state index contributed by atoms with van der Waals surface area (Å²) in [6.07, 6.45) is 55.9. The quantitative estimate of drug-likeness (QED) is 0.0928. The molecule has 746 valence electrons. The zero-order valence-electron chi connectivity index (χ0n) is 86.7. The molecule has 20 rings (SSSR count). The molecule has 0 radical (unpaired) electrons. The number of rotatable bonds is 14. The third-order valence-corrected chi connectivity index (χ3v) is 43.9. The molecule has 18 nitrogen and oxygen atoms in total. The fraction of sp³-hybridized carbons (Fsp3) is 0.675. The van der Waals surface area contributed by atoms with Crippen LogP contribution in [0, 0.1) is 171 Å². The second kappa shape index (κ2) is 36.8. The van der Waals surface area contributed by atoms with Crippen molar-refractivity contribution in [2.24, 2.45) is 171 Å². The van der Waals surface area contributed by atoms with Gasteiger partial charge < -0.3 is 24.4 Å². The summed E-state index contributed by atoms with van der Waals surface area (Å²) >= 11 is 0. The van der Waals surface area contributed by atoms with Crippen LogP contribution in [0.2, 0.25) is 0 Å². The molecule has 0 aromatic heterocycles. The zero-order chi connectivity index (χ0) is 100. The highest BCUT2D eigenvalue weighted by atomic mass is 16.5. The van der Waals surface area contributed by atoms with Crippen LogP contribution in [0.3, 0.4) is 0 Å². The Kier molecular flexibility index (Phi) is 27.4. The maximum Gasteiger partial charge on any atom is 0.305 e. The predicted octanol–water partition coefficient (Wildman–Crippen LogP) is 21.9. The number of carbonyl (C=O) groups is 13. The van der Waals surface area contributed by atoms with Gasteiger partial charge in [-0.1, -0.05) is 215 Å². The van der Waals surface area contributed by atoms with Gasteiger partial charge in [-0.05, 0) is 326 Å². The lowest BCUT2D eigenvalue weighted by Crippen LogP contribution is -2.51. The van der Waals surface area contributed by atoms with E-state index < -0.39 is 28.2 Å². The lowest BCUT2D eigenvalue weighted by atomic mass is 9.48. The summed E-state index contributed by atoms with van der Waals surface area (Å²) in [7, 11) is 0. The van der Waals surface area contributed by atoms with Crippen LogP contribution in [-0.4, -0.2) is 119 Å². The molecule has 20 aliphatic carbocycles. The van der Waals surface area contributed by atoms with Crippen molar-refractivity contribution in [2.45, 2.75) is 306 Å². The van der Waals surface area contributed by atoms with Crippen molar-refractivity contribution < 1.29 is 86.8 Å². The minimum atomic E-state index is -0.491. The first-order valence-corrected chi connectivity index (χ1v) is 52.9. The average molecular weight is 1890 g/mol. The van der Waals surface area contributed by atoms with E-state index >= 15 is 0 Å². The first kappa shape index (κ1) is 103. The Labute approximate surface area is 820 Å². The Bertz CT molecular complexity index is 5570. The van der Waals surface area contributed by atoms with Crippen molar-refractivity contribution in [3.8, 4) is 0 Å². The minimum Gasteiger partial charge on any atom is -0.458 e. The van der Waals surface area contributed by atoms with E-state index in [1.54, 1.807) is 25.2 Å². The second-order valence-corrected chi connectivity index (χ2v) is 49.6. The highest BCUT2D eigenvalue weighted by Gasteiger charge is 2.71. The van der Waals surface area contributed by atoms with Gasteiger partial charge in [-0.3, -0.25) is 62.3 Å². The molecule has 0 heterocycles. The van der Waals surface area contributed by atoms with Gasteiger partial charge in [-0.15, -0.1) is 0 Å². The molecule has 10 fully saturated rings. The highest BCUT2D eigenvalue weighted by molar-refractivity contribution is 6.03. The Morgan fingerprint density at radius 3 is 0.986 bits per heavy atom. The van der Waals surface area contributed by atoms with E-state index in [0.717, 1.165) is 141 Å². The maximum absolute atomic E-state index is 13.3. The van der Waals surface area contributed by atoms with E-state index in [4.69, 9.17) is 14.2 Å². The van der Waals surface area contributed by atoms with Gasteiger partial charge in [-0.25, -0.2) is 0 Å². The number of hydrogen-bond donors (Lipinski definition) is 2. The van der Waals surface area contributed by atoms with Crippen LogP contribution < -0.4 is 0 Å². The van der Waals surface area contributed by atoms with Crippen LogP contribution in [0.15, 0.2) is 153 Å². The molecule has 0 aliphatic heterocycles. The Balaban J connectivity index is 0.000000125. The van der Waals surface area contributed by atoms with Gasteiger partial charge >= 0.3 is 17.9 Å². The minimum absolute atomic E-state index is 0.00221. The van der Waals surface area contributed by atoms with Gasteiger partial charge in [0, 0.05) is 88.3 Å². The number of fused-ring (bicyclic) bond motifs is 25. The number of hydrogen-bond acceptors (Lipinski definition) is 18. The number of ketones is 10. The SMILES string of the molecule is CC(=O)OCC(=O)[C@@]1(C)[C@H](C)CC2C3CCC4=CC(=O)CC[C@]4(C)C3=CC[C@@]21C.CC(=O)OCC(=O)[C@H]1[C@@H](C)CC2C3CCC4=CC(=O)C=C[C@]4(C)C3=CC[C@@]21C.CCC(=O)OCC(=O)[C@H]1[C@H](C)CC2C3CCC4=CC(=O)C=C[C@]4(C)C3=CC[C@@]21C.C[C@H]1CC2C3CCC4=CC(=O)C=C[C@]4(C)C3=CC[C@]2(C)[C@@]1(C)C(=O)CO.C[C@H]1CC2C3CCC4=CC(=O)CC[C@]4(C)C3=CC[C@]2(C)[C@@]1(C)C(=O)CO. The molecule has 20 aliphatic rings. The van der Waals surface area contributed by atoms with Crippen LogP contribution in [0.5, 0.6) is 0 Å². The molecule has 0 aromatic carbocycles. The number of Topliss-reactive ketones (excluding diaryl/α,β-unsaturated/α-hetero) is 5. The first-order chi connectivity index (χ1) is 64.8. The molecule has 0 bridgehead atoms. The van der Waals surface area contributed by atoms with Crippen molar-refractivity contribution in [3.63, 3.8) is 0 Å². The number of esters is 3. The van der Waals surface area contributed by atoms with E-state index in [9.17, 15) is 72.5 Å². The van der Waals surface area contributed by atoms with Gasteiger partial charge in [0.1, 0.15) is 26.4 Å². The Hall–Kier alpha value is -8.35. The van der Waals surface area contributed by atoms with Crippen molar-refractivity contribution in [1.29, 1.82) is 0 Å². The largest absolute Gasteiger partial charge is 0.458 e. The molecule has 0 aromatic rings. The summed E-state index contributed by atoms with van der Waals surface area (Å²) < 4.78 is 15.3. The molecule has 0 amide bonds. The summed E-state index contributed by atoms with van der Waals surface area (Å²) in [5, 5.41) is 19.3. The van der Waals surface area contributed by atoms with Gasteiger partial charge in [-0.2, -0.15) is 0 Å². The van der Waals surface area contributed by atoms with Crippen LogP contribution in [-0.2, 0) is 76.5 Å². The monoisotopic (exact) mass is 1890 g/mol. The summed E-state index contributed by atoms with van der Waals surface area (Å²) in [6.45, 7) is 43.4. The number of carbonyl (C=O) groups excluding carboxylic acids is 13. The lowest BCUT2D eigenvalue weighted by molar-refractivity contribution is -0.153. The zero-order valence-corrected chi connectivity index (χ0v) is 86.7. The average Bonchev–Trinajstić information content (AvgIpc) is 1.54. The molecular weight excluding hydrogens is 1730 g/mol. The molecule has 10 unspecified atom stereocenters. The molecule has 0 spiro atoms. The summed E-state index contributed by atoms with van der Waals surface area (Å²) in [5.74, 6) is 5.92. The van der Waals surface area contributed by atoms with Crippen molar-refractivity contribution in [2.75, 3.05) is 33.0 Å². The molecule has 18 heteroatoms. The molecular formula is C120H158O18. The Morgan fingerprint density at radius 2 is 0.652 bits per heavy atom. The molecule has 2 N–H and O–H groups in total.